The van der Waals surface area contributed by atoms with Crippen molar-refractivity contribution in [2.24, 2.45) is 0 Å². The molecular weight excluding hydrogens is 530 g/mol. The van der Waals surface area contributed by atoms with Gasteiger partial charge in [0.1, 0.15) is 0 Å². The standard InChI is InChI=1S/C34H37N3O3S/c1-24-15-19-31(20-16-24)41(39,40)36-33-14-8-12-28-17-18-30(22-32(28)33)37(23-29-13-7-9-26(3)35-29)34(38)21-25(2)27-10-5-4-6-11-27/h4-7,9-11,13,15-20,22,25,33,36H,8,12,14,21,23H2,1-3H3/t25-,33-/m0/s1. The van der Waals surface area contributed by atoms with Crippen molar-refractivity contribution < 1.29 is 13.2 Å². The Morgan fingerprint density at radius 2 is 1.73 bits per heavy atom. The van der Waals surface area contributed by atoms with Crippen LogP contribution < -0.4 is 9.62 Å². The molecule has 0 fully saturated rings. The molecule has 1 aromatic heterocycles. The highest BCUT2D eigenvalue weighted by Crippen LogP contribution is 2.35. The Kier molecular flexibility index (Phi) is 8.66. The van der Waals surface area contributed by atoms with E-state index in [4.69, 9.17) is 0 Å². The van der Waals surface area contributed by atoms with Gasteiger partial charge in [0.25, 0.3) is 0 Å². The Labute approximate surface area is 243 Å². The Hall–Kier alpha value is -3.81. The van der Waals surface area contributed by atoms with Crippen LogP contribution in [0.25, 0.3) is 0 Å². The van der Waals surface area contributed by atoms with Gasteiger partial charge in [0, 0.05) is 23.8 Å². The molecule has 4 aromatic rings. The molecule has 5 rings (SSSR count). The molecule has 212 valence electrons. The summed E-state index contributed by atoms with van der Waals surface area (Å²) in [5.74, 6) is 0.0422. The van der Waals surface area contributed by atoms with Crippen molar-refractivity contribution in [1.82, 2.24) is 9.71 Å². The average molecular weight is 568 g/mol. The monoisotopic (exact) mass is 567 g/mol. The van der Waals surface area contributed by atoms with E-state index in [0.717, 1.165) is 52.2 Å². The van der Waals surface area contributed by atoms with E-state index in [1.54, 1.807) is 29.2 Å². The van der Waals surface area contributed by atoms with Gasteiger partial charge in [0.05, 0.1) is 17.1 Å². The highest BCUT2D eigenvalue weighted by molar-refractivity contribution is 7.89. The highest BCUT2D eigenvalue weighted by Gasteiger charge is 2.28. The van der Waals surface area contributed by atoms with Crippen LogP contribution in [0, 0.1) is 13.8 Å². The average Bonchev–Trinajstić information content (AvgIpc) is 2.96. The number of nitrogens with one attached hydrogen (secondary N) is 1. The first kappa shape index (κ1) is 28.7. The smallest absolute Gasteiger partial charge is 0.241 e. The van der Waals surface area contributed by atoms with E-state index in [2.05, 4.69) is 16.6 Å². The Balaban J connectivity index is 1.46. The number of carbonyl (C=O) groups excluding carboxylic acids is 1. The number of amides is 1. The summed E-state index contributed by atoms with van der Waals surface area (Å²) >= 11 is 0. The van der Waals surface area contributed by atoms with Gasteiger partial charge in [0.2, 0.25) is 15.9 Å². The second-order valence-corrected chi connectivity index (χ2v) is 12.7. The molecule has 1 heterocycles. The molecular formula is C34H37N3O3S. The van der Waals surface area contributed by atoms with Crippen LogP contribution >= 0.6 is 0 Å². The number of aryl methyl sites for hydroxylation is 3. The van der Waals surface area contributed by atoms with E-state index >= 15 is 0 Å². The Morgan fingerprint density at radius 3 is 2.46 bits per heavy atom. The number of rotatable bonds is 9. The molecule has 0 radical (unpaired) electrons. The molecule has 1 N–H and O–H groups in total. The first-order valence-electron chi connectivity index (χ1n) is 14.2. The van der Waals surface area contributed by atoms with Crippen molar-refractivity contribution in [2.75, 3.05) is 4.90 Å². The maximum atomic E-state index is 13.9. The van der Waals surface area contributed by atoms with Crippen LogP contribution in [-0.2, 0) is 27.8 Å². The van der Waals surface area contributed by atoms with Gasteiger partial charge < -0.3 is 4.90 Å². The molecule has 0 aliphatic heterocycles. The third-order valence-electron chi connectivity index (χ3n) is 7.80. The zero-order valence-corrected chi connectivity index (χ0v) is 24.7. The quantitative estimate of drug-likeness (QED) is 0.242. The van der Waals surface area contributed by atoms with Crippen LogP contribution in [0.15, 0.2) is 95.9 Å². The van der Waals surface area contributed by atoms with Crippen molar-refractivity contribution >= 4 is 21.6 Å². The van der Waals surface area contributed by atoms with Gasteiger partial charge in [-0.2, -0.15) is 0 Å². The number of hydrogen-bond donors (Lipinski definition) is 1. The topological polar surface area (TPSA) is 79.4 Å². The van der Waals surface area contributed by atoms with Crippen molar-refractivity contribution in [2.45, 2.75) is 69.9 Å². The summed E-state index contributed by atoms with van der Waals surface area (Å²) in [7, 11) is -3.71. The van der Waals surface area contributed by atoms with Gasteiger partial charge >= 0.3 is 0 Å². The second kappa shape index (κ2) is 12.4. The van der Waals surface area contributed by atoms with Gasteiger partial charge in [-0.15, -0.1) is 0 Å². The van der Waals surface area contributed by atoms with Gasteiger partial charge in [0.15, 0.2) is 0 Å². The molecule has 7 heteroatoms. The van der Waals surface area contributed by atoms with Crippen LogP contribution in [-0.4, -0.2) is 19.3 Å². The molecule has 0 bridgehead atoms. The summed E-state index contributed by atoms with van der Waals surface area (Å²) in [5, 5.41) is 0. The predicted octanol–water partition coefficient (Wildman–Crippen LogP) is 6.78. The third kappa shape index (κ3) is 6.92. The van der Waals surface area contributed by atoms with E-state index in [1.165, 1.54) is 0 Å². The van der Waals surface area contributed by atoms with Crippen molar-refractivity contribution in [3.8, 4) is 0 Å². The van der Waals surface area contributed by atoms with Gasteiger partial charge in [-0.3, -0.25) is 9.78 Å². The van der Waals surface area contributed by atoms with Crippen molar-refractivity contribution in [3.05, 3.63) is 125 Å². The summed E-state index contributed by atoms with van der Waals surface area (Å²) < 4.78 is 29.5. The lowest BCUT2D eigenvalue weighted by Crippen LogP contribution is -2.33. The molecule has 0 saturated heterocycles. The molecule has 3 aromatic carbocycles. The number of fused-ring (bicyclic) bond motifs is 1. The lowest BCUT2D eigenvalue weighted by Gasteiger charge is -2.30. The molecule has 2 atom stereocenters. The van der Waals surface area contributed by atoms with Gasteiger partial charge in [-0.05, 0) is 92.1 Å². The number of hydrogen-bond acceptors (Lipinski definition) is 4. The number of sulfonamides is 1. The second-order valence-electron chi connectivity index (χ2n) is 11.0. The molecule has 0 unspecified atom stereocenters. The molecule has 0 spiro atoms. The molecule has 6 nitrogen and oxygen atoms in total. The zero-order chi connectivity index (χ0) is 29.0. The van der Waals surface area contributed by atoms with E-state index in [1.807, 2.05) is 80.6 Å². The molecule has 1 amide bonds. The van der Waals surface area contributed by atoms with Crippen molar-refractivity contribution in [1.29, 1.82) is 0 Å². The zero-order valence-electron chi connectivity index (χ0n) is 23.9. The molecule has 0 saturated carbocycles. The molecule has 41 heavy (non-hydrogen) atoms. The predicted molar refractivity (Wildman–Crippen MR) is 163 cm³/mol. The number of pyridine rings is 1. The van der Waals surface area contributed by atoms with E-state index in [0.29, 0.717) is 19.4 Å². The summed E-state index contributed by atoms with van der Waals surface area (Å²) in [6.07, 6.45) is 2.80. The number of anilines is 1. The normalized spacial score (nSPS) is 15.6. The number of aromatic nitrogens is 1. The summed E-state index contributed by atoms with van der Waals surface area (Å²) in [6, 6.07) is 28.4. The minimum atomic E-state index is -3.71. The Bertz CT molecular complexity index is 1620. The van der Waals surface area contributed by atoms with Crippen LogP contribution in [0.2, 0.25) is 0 Å². The number of carbonyl (C=O) groups is 1. The lowest BCUT2D eigenvalue weighted by atomic mass is 9.87. The fourth-order valence-corrected chi connectivity index (χ4v) is 6.74. The third-order valence-corrected chi connectivity index (χ3v) is 9.29. The van der Waals surface area contributed by atoms with Crippen LogP contribution in [0.1, 0.15) is 71.8 Å². The molecule has 1 aliphatic carbocycles. The molecule has 1 aliphatic rings. The summed E-state index contributed by atoms with van der Waals surface area (Å²) in [6.45, 7) is 6.28. The fraction of sp³-hybridized carbons (Fsp3) is 0.294. The lowest BCUT2D eigenvalue weighted by molar-refractivity contribution is -0.119. The first-order chi connectivity index (χ1) is 19.7. The summed E-state index contributed by atoms with van der Waals surface area (Å²) in [4.78, 5) is 20.6. The summed E-state index contributed by atoms with van der Waals surface area (Å²) in [5.41, 5.74) is 6.60. The van der Waals surface area contributed by atoms with E-state index < -0.39 is 10.0 Å². The van der Waals surface area contributed by atoms with Gasteiger partial charge in [-0.25, -0.2) is 13.1 Å². The number of nitrogens with zero attached hydrogens (tertiary/aromatic N) is 2. The highest BCUT2D eigenvalue weighted by atomic mass is 32.2. The Morgan fingerprint density at radius 1 is 0.976 bits per heavy atom. The minimum Gasteiger partial charge on any atom is -0.306 e. The fourth-order valence-electron chi connectivity index (χ4n) is 5.49. The SMILES string of the molecule is Cc1ccc(S(=O)(=O)N[C@H]2CCCc3ccc(N(Cc4cccc(C)n4)C(=O)C[C@H](C)c4ccccc4)cc32)cc1. The maximum absolute atomic E-state index is 13.9. The van der Waals surface area contributed by atoms with Crippen LogP contribution in [0.5, 0.6) is 0 Å². The van der Waals surface area contributed by atoms with Gasteiger partial charge in [-0.1, -0.05) is 67.1 Å². The first-order valence-corrected chi connectivity index (χ1v) is 15.7. The van der Waals surface area contributed by atoms with E-state index in [9.17, 15) is 13.2 Å². The number of benzene rings is 3. The maximum Gasteiger partial charge on any atom is 0.241 e. The van der Waals surface area contributed by atoms with Crippen LogP contribution in [0.4, 0.5) is 5.69 Å². The van der Waals surface area contributed by atoms with Crippen LogP contribution in [0.3, 0.4) is 0 Å². The van der Waals surface area contributed by atoms with E-state index in [-0.39, 0.29) is 22.8 Å². The largest absolute Gasteiger partial charge is 0.306 e. The van der Waals surface area contributed by atoms with Crippen molar-refractivity contribution in [3.63, 3.8) is 0 Å². The minimum absolute atomic E-state index is 0.00259.